The summed E-state index contributed by atoms with van der Waals surface area (Å²) < 4.78 is 0. The van der Waals surface area contributed by atoms with Crippen molar-refractivity contribution in [2.75, 3.05) is 13.1 Å². The van der Waals surface area contributed by atoms with Gasteiger partial charge in [-0.05, 0) is 20.3 Å². The third kappa shape index (κ3) is 9.76. The molecular weight excluding hydrogens is 268 g/mol. The first-order valence-corrected chi connectivity index (χ1v) is 6.06. The molecule has 1 amide bonds. The Morgan fingerprint density at radius 1 is 1.00 bits per heavy atom. The monoisotopic (exact) mass is 285 g/mol. The van der Waals surface area contributed by atoms with Crippen LogP contribution < -0.4 is 47.9 Å². The number of aliphatic carboxylic acids is 2. The number of Topliss-reactive ketones (excluding diaryl/α,β-unsaturated/α-hetero) is 1. The van der Waals surface area contributed by atoms with Crippen molar-refractivity contribution in [3.05, 3.63) is 0 Å². The SMILES string of the molecule is CCN(CC)C(=O)CCC(CC(=O)C(=O)[O-])C(=O)[O-].[Li+].[Li+]. The Kier molecular flexibility index (Phi) is 15.6. The normalized spacial score (nSPS) is 10.6. The third-order valence-corrected chi connectivity index (χ3v) is 2.82. The smallest absolute Gasteiger partial charge is 0.550 e. The van der Waals surface area contributed by atoms with Crippen LogP contribution in [0, 0.1) is 5.92 Å². The molecule has 21 heavy (non-hydrogen) atoms. The molecule has 0 heterocycles. The van der Waals surface area contributed by atoms with Gasteiger partial charge in [0.15, 0.2) is 5.78 Å². The minimum atomic E-state index is -1.93. The number of carboxylic acids is 2. The minimum absolute atomic E-state index is 0. The van der Waals surface area contributed by atoms with Crippen molar-refractivity contribution in [3.8, 4) is 0 Å². The maximum Gasteiger partial charge on any atom is 1.00 e. The summed E-state index contributed by atoms with van der Waals surface area (Å²) in [4.78, 5) is 45.1. The number of hydrogen-bond acceptors (Lipinski definition) is 6. The number of nitrogens with zero attached hydrogens (tertiary/aromatic N) is 1. The van der Waals surface area contributed by atoms with Crippen LogP contribution in [-0.4, -0.2) is 41.6 Å². The molecule has 0 spiro atoms. The fourth-order valence-electron chi connectivity index (χ4n) is 1.64. The maximum absolute atomic E-state index is 11.7. The Morgan fingerprint density at radius 3 is 1.81 bits per heavy atom. The summed E-state index contributed by atoms with van der Waals surface area (Å²) >= 11 is 0. The molecule has 0 aliphatic rings. The predicted octanol–water partition coefficient (Wildman–Crippen LogP) is -8.28. The van der Waals surface area contributed by atoms with Gasteiger partial charge in [-0.2, -0.15) is 0 Å². The standard InChI is InChI=1S/C12H19NO6.2Li/c1-3-13(4-2)10(15)6-5-8(11(16)17)7-9(14)12(18)19;;/h8H,3-7H2,1-2H3,(H,16,17)(H,18,19);;/q;2*+1/p-2. The molecule has 0 saturated carbocycles. The number of carbonyl (C=O) groups is 4. The molecule has 0 aromatic carbocycles. The summed E-state index contributed by atoms with van der Waals surface area (Å²) in [7, 11) is 0. The van der Waals surface area contributed by atoms with Crippen molar-refractivity contribution >= 4 is 23.6 Å². The van der Waals surface area contributed by atoms with Gasteiger partial charge in [0.1, 0.15) is 5.97 Å². The topological polar surface area (TPSA) is 118 Å². The number of hydrogen-bond donors (Lipinski definition) is 0. The van der Waals surface area contributed by atoms with Gasteiger partial charge in [0.05, 0.1) is 0 Å². The van der Waals surface area contributed by atoms with Crippen molar-refractivity contribution in [1.29, 1.82) is 0 Å². The van der Waals surface area contributed by atoms with Crippen LogP contribution in [0.5, 0.6) is 0 Å². The summed E-state index contributed by atoms with van der Waals surface area (Å²) in [6.45, 7) is 4.58. The van der Waals surface area contributed by atoms with Crippen molar-refractivity contribution in [1.82, 2.24) is 4.90 Å². The Labute approximate surface area is 147 Å². The molecule has 1 unspecified atom stereocenters. The van der Waals surface area contributed by atoms with Gasteiger partial charge in [0, 0.05) is 37.8 Å². The zero-order valence-electron chi connectivity index (χ0n) is 13.0. The van der Waals surface area contributed by atoms with E-state index < -0.39 is 30.1 Å². The van der Waals surface area contributed by atoms with Crippen LogP contribution in [-0.2, 0) is 19.2 Å². The van der Waals surface area contributed by atoms with Crippen LogP contribution in [0.4, 0.5) is 0 Å². The fraction of sp³-hybridized carbons (Fsp3) is 0.667. The number of carboxylic acid groups (broad SMARTS) is 2. The molecule has 0 N–H and O–H groups in total. The molecule has 7 nitrogen and oxygen atoms in total. The van der Waals surface area contributed by atoms with E-state index in [0.717, 1.165) is 0 Å². The minimum Gasteiger partial charge on any atom is -0.550 e. The summed E-state index contributed by atoms with van der Waals surface area (Å²) in [5.74, 6) is -6.30. The Balaban J connectivity index is -0.00000162. The van der Waals surface area contributed by atoms with Gasteiger partial charge >= 0.3 is 37.7 Å². The van der Waals surface area contributed by atoms with Gasteiger partial charge in [-0.3, -0.25) is 9.59 Å². The Bertz CT molecular complexity index is 371. The van der Waals surface area contributed by atoms with Crippen LogP contribution in [0.3, 0.4) is 0 Å². The average molecular weight is 285 g/mol. The first-order valence-electron chi connectivity index (χ1n) is 6.06. The van der Waals surface area contributed by atoms with Gasteiger partial charge in [-0.15, -0.1) is 0 Å². The maximum atomic E-state index is 11.7. The van der Waals surface area contributed by atoms with Gasteiger partial charge in [0.2, 0.25) is 5.91 Å². The average Bonchev–Trinajstić information content (AvgIpc) is 2.34. The van der Waals surface area contributed by atoms with Crippen molar-refractivity contribution in [3.63, 3.8) is 0 Å². The Morgan fingerprint density at radius 2 is 1.48 bits per heavy atom. The summed E-state index contributed by atoms with van der Waals surface area (Å²) in [5.41, 5.74) is 0. The second-order valence-corrected chi connectivity index (χ2v) is 4.04. The first kappa shape index (κ1) is 25.2. The van der Waals surface area contributed by atoms with E-state index >= 15 is 0 Å². The number of rotatable bonds is 9. The molecule has 9 heteroatoms. The quantitative estimate of drug-likeness (QED) is 0.307. The van der Waals surface area contributed by atoms with Crippen LogP contribution in [0.15, 0.2) is 0 Å². The second kappa shape index (κ2) is 13.0. The van der Waals surface area contributed by atoms with Crippen molar-refractivity contribution < 1.29 is 67.1 Å². The molecule has 1 atom stereocenters. The van der Waals surface area contributed by atoms with Crippen molar-refractivity contribution in [2.45, 2.75) is 33.1 Å². The van der Waals surface area contributed by atoms with Crippen LogP contribution in [0.25, 0.3) is 0 Å². The van der Waals surface area contributed by atoms with E-state index in [1.165, 1.54) is 4.90 Å². The zero-order valence-corrected chi connectivity index (χ0v) is 13.0. The summed E-state index contributed by atoms with van der Waals surface area (Å²) in [6, 6.07) is 0. The largest absolute Gasteiger partial charge is 1.00 e. The molecule has 0 aliphatic carbocycles. The summed E-state index contributed by atoms with van der Waals surface area (Å²) in [6.07, 6.45) is -0.909. The molecular formula is C12H17Li2NO6. The fourth-order valence-corrected chi connectivity index (χ4v) is 1.64. The van der Waals surface area contributed by atoms with E-state index in [9.17, 15) is 29.4 Å². The van der Waals surface area contributed by atoms with Crippen LogP contribution >= 0.6 is 0 Å². The van der Waals surface area contributed by atoms with Crippen LogP contribution in [0.2, 0.25) is 0 Å². The number of carbonyl (C=O) groups excluding carboxylic acids is 4. The van der Waals surface area contributed by atoms with E-state index in [4.69, 9.17) is 0 Å². The molecule has 0 bridgehead atoms. The summed E-state index contributed by atoms with van der Waals surface area (Å²) in [5, 5.41) is 21.0. The molecule has 0 aromatic rings. The van der Waals surface area contributed by atoms with E-state index in [1.807, 2.05) is 0 Å². The Hall–Kier alpha value is -0.725. The van der Waals surface area contributed by atoms with Crippen molar-refractivity contribution in [2.24, 2.45) is 5.92 Å². The van der Waals surface area contributed by atoms with Crippen LogP contribution in [0.1, 0.15) is 33.1 Å². The van der Waals surface area contributed by atoms with Gasteiger partial charge in [0.25, 0.3) is 0 Å². The molecule has 0 aromatic heterocycles. The zero-order chi connectivity index (χ0) is 15.0. The van der Waals surface area contributed by atoms with Gasteiger partial charge in [-0.1, -0.05) is 0 Å². The van der Waals surface area contributed by atoms with Gasteiger partial charge < -0.3 is 24.7 Å². The molecule has 0 radical (unpaired) electrons. The first-order chi connectivity index (χ1) is 8.83. The van der Waals surface area contributed by atoms with E-state index in [2.05, 4.69) is 0 Å². The number of amides is 1. The van der Waals surface area contributed by atoms with E-state index in [1.54, 1.807) is 13.8 Å². The molecule has 0 aliphatic heterocycles. The van der Waals surface area contributed by atoms with Gasteiger partial charge in [-0.25, -0.2) is 0 Å². The molecule has 0 rings (SSSR count). The van der Waals surface area contributed by atoms with E-state index in [0.29, 0.717) is 13.1 Å². The second-order valence-electron chi connectivity index (χ2n) is 4.04. The number of ketones is 1. The molecule has 108 valence electrons. The molecule has 0 saturated heterocycles. The predicted molar refractivity (Wildman–Crippen MR) is 60.3 cm³/mol. The van der Waals surface area contributed by atoms with E-state index in [-0.39, 0.29) is 56.5 Å². The third-order valence-electron chi connectivity index (χ3n) is 2.82. The molecule has 0 fully saturated rings.